The van der Waals surface area contributed by atoms with Gasteiger partial charge in [0.1, 0.15) is 0 Å². The maximum atomic E-state index is 2.27. The van der Waals surface area contributed by atoms with Gasteiger partial charge in [0.05, 0.1) is 0 Å². The maximum absolute atomic E-state index is 2.27. The molecule has 0 amide bonds. The third kappa shape index (κ3) is 9.25. The van der Waals surface area contributed by atoms with E-state index in [0.29, 0.717) is 0 Å². The molecule has 0 aromatic carbocycles. The molecule has 0 saturated heterocycles. The Hall–Kier alpha value is 1.25. The molecule has 0 nitrogen and oxygen atoms in total. The van der Waals surface area contributed by atoms with Crippen molar-refractivity contribution in [2.24, 2.45) is 0 Å². The van der Waals surface area contributed by atoms with Gasteiger partial charge in [-0.25, -0.2) is 0 Å². The van der Waals surface area contributed by atoms with Crippen molar-refractivity contribution in [2.45, 2.75) is 43.6 Å². The number of rotatable bonds is 4. The zero-order chi connectivity index (χ0) is 6.41. The van der Waals surface area contributed by atoms with E-state index in [2.05, 4.69) is 35.6 Å². The van der Waals surface area contributed by atoms with Crippen LogP contribution in [0.5, 0.6) is 0 Å². The van der Waals surface area contributed by atoms with Gasteiger partial charge in [-0.2, -0.15) is 0 Å². The molecule has 9 heavy (non-hydrogen) atoms. The summed E-state index contributed by atoms with van der Waals surface area (Å²) in [5.41, 5.74) is 0. The molecule has 0 saturated carbocycles. The molecule has 0 rings (SSSR count). The van der Waals surface area contributed by atoms with Crippen LogP contribution in [-0.2, 0) is 0 Å². The topological polar surface area (TPSA) is 0 Å². The predicted octanol–water partition coefficient (Wildman–Crippen LogP) is -0.452. The first-order chi connectivity index (χ1) is 3.81. The number of hydrogen-bond acceptors (Lipinski definition) is 0. The molecular formula is C7H15BrMg. The first-order valence-corrected chi connectivity index (χ1v) is 4.46. The molecule has 0 bridgehead atoms. The molecule has 0 spiro atoms. The van der Waals surface area contributed by atoms with Gasteiger partial charge in [0.25, 0.3) is 0 Å². The second-order valence-electron chi connectivity index (χ2n) is 2.42. The molecular weight excluding hydrogens is 188 g/mol. The van der Waals surface area contributed by atoms with Gasteiger partial charge in [0.15, 0.2) is 0 Å². The number of halogens is 1. The summed E-state index contributed by atoms with van der Waals surface area (Å²) in [5.74, 6) is 0. The number of unbranched alkanes of at least 4 members (excludes halogenated alkanes) is 1. The molecule has 1 atom stereocenters. The zero-order valence-corrected chi connectivity index (χ0v) is 9.49. The Kier molecular flexibility index (Phi) is 13.2. The van der Waals surface area contributed by atoms with Crippen molar-refractivity contribution in [1.82, 2.24) is 0 Å². The Morgan fingerprint density at radius 1 is 1.33 bits per heavy atom. The Bertz CT molecular complexity index is 48.2. The Morgan fingerprint density at radius 2 is 1.89 bits per heavy atom. The summed E-state index contributed by atoms with van der Waals surface area (Å²) in [6.45, 7) is 4.53. The summed E-state index contributed by atoms with van der Waals surface area (Å²) < 4.78 is 0.981. The van der Waals surface area contributed by atoms with Crippen LogP contribution in [-0.4, -0.2) is 21.7 Å². The summed E-state index contributed by atoms with van der Waals surface area (Å²) in [6.07, 6.45) is 5.57. The molecule has 1 unspecified atom stereocenters. The van der Waals surface area contributed by atoms with Gasteiger partial charge in [-0.05, 0) is 0 Å². The standard InChI is InChI=1S/C7H15.BrH.Mg/c1-3-5-7-6-4-2;;/h5H,3-4,6-7H2,1-2H3;1H;/q;;+1/p-1. The van der Waals surface area contributed by atoms with Crippen molar-refractivity contribution in [3.63, 3.8) is 0 Å². The van der Waals surface area contributed by atoms with E-state index in [9.17, 15) is 0 Å². The van der Waals surface area contributed by atoms with E-state index in [1.165, 1.54) is 25.7 Å². The monoisotopic (exact) mass is 202 g/mol. The fourth-order valence-corrected chi connectivity index (χ4v) is 0.986. The normalized spacial score (nSPS) is 12.4. The van der Waals surface area contributed by atoms with Gasteiger partial charge in [-0.15, -0.1) is 0 Å². The van der Waals surface area contributed by atoms with Crippen LogP contribution in [0.2, 0.25) is 4.05 Å². The van der Waals surface area contributed by atoms with Crippen molar-refractivity contribution < 1.29 is 17.0 Å². The molecule has 52 valence electrons. The minimum Gasteiger partial charge on any atom is -1.00 e. The Labute approximate surface area is 82.0 Å². The van der Waals surface area contributed by atoms with E-state index in [0.717, 1.165) is 4.05 Å². The molecule has 0 aliphatic heterocycles. The summed E-state index contributed by atoms with van der Waals surface area (Å²) in [4.78, 5) is 0. The van der Waals surface area contributed by atoms with Crippen molar-refractivity contribution in [3.05, 3.63) is 0 Å². The van der Waals surface area contributed by atoms with Crippen molar-refractivity contribution >= 4 is 21.7 Å². The van der Waals surface area contributed by atoms with Gasteiger partial charge in [0.2, 0.25) is 0 Å². The van der Waals surface area contributed by atoms with Crippen LogP contribution in [0.4, 0.5) is 0 Å². The van der Waals surface area contributed by atoms with Crippen molar-refractivity contribution in [3.8, 4) is 0 Å². The summed E-state index contributed by atoms with van der Waals surface area (Å²) in [7, 11) is 0. The minimum absolute atomic E-state index is 0. The molecule has 0 heterocycles. The SMILES string of the molecule is CCCC[CH]([Mg+])CC.[Br-]. The van der Waals surface area contributed by atoms with Gasteiger partial charge >= 0.3 is 65.3 Å². The van der Waals surface area contributed by atoms with Gasteiger partial charge < -0.3 is 17.0 Å². The molecule has 0 aromatic rings. The molecule has 0 N–H and O–H groups in total. The minimum atomic E-state index is 0. The maximum Gasteiger partial charge on any atom is -1.00 e. The molecule has 0 fully saturated rings. The van der Waals surface area contributed by atoms with E-state index >= 15 is 0 Å². The molecule has 0 aromatic heterocycles. The van der Waals surface area contributed by atoms with E-state index in [1.54, 1.807) is 0 Å². The summed E-state index contributed by atoms with van der Waals surface area (Å²) >= 11 is 2.14. The van der Waals surface area contributed by atoms with E-state index in [4.69, 9.17) is 0 Å². The van der Waals surface area contributed by atoms with Gasteiger partial charge in [0, 0.05) is 0 Å². The Balaban J connectivity index is 0. The van der Waals surface area contributed by atoms with Crippen LogP contribution in [0.25, 0.3) is 0 Å². The van der Waals surface area contributed by atoms with Crippen LogP contribution in [0, 0.1) is 0 Å². The van der Waals surface area contributed by atoms with Gasteiger partial charge in [-0.3, -0.25) is 0 Å². The van der Waals surface area contributed by atoms with Crippen molar-refractivity contribution in [2.75, 3.05) is 0 Å². The fourth-order valence-electron chi connectivity index (χ4n) is 0.697. The average Bonchev–Trinajstić information content (AvgIpc) is 1.83. The predicted molar refractivity (Wildman–Crippen MR) is 39.3 cm³/mol. The molecule has 0 aliphatic carbocycles. The third-order valence-corrected chi connectivity index (χ3v) is 2.53. The van der Waals surface area contributed by atoms with Crippen LogP contribution in [0.3, 0.4) is 0 Å². The quantitative estimate of drug-likeness (QED) is 0.543. The van der Waals surface area contributed by atoms with Crippen LogP contribution >= 0.6 is 0 Å². The fraction of sp³-hybridized carbons (Fsp3) is 1.00. The molecule has 2 heteroatoms. The Morgan fingerprint density at radius 3 is 2.22 bits per heavy atom. The number of hydrogen-bond donors (Lipinski definition) is 0. The third-order valence-electron chi connectivity index (χ3n) is 1.54. The summed E-state index contributed by atoms with van der Waals surface area (Å²) in [6, 6.07) is 0. The molecule has 0 aliphatic rings. The van der Waals surface area contributed by atoms with Crippen molar-refractivity contribution in [1.29, 1.82) is 0 Å². The molecule has 0 radical (unpaired) electrons. The zero-order valence-electron chi connectivity index (χ0n) is 6.49. The van der Waals surface area contributed by atoms with Gasteiger partial charge in [-0.1, -0.05) is 0 Å². The largest absolute Gasteiger partial charge is 1.00 e. The van der Waals surface area contributed by atoms with E-state index in [-0.39, 0.29) is 17.0 Å². The first kappa shape index (κ1) is 12.9. The summed E-state index contributed by atoms with van der Waals surface area (Å²) in [5, 5.41) is 0. The first-order valence-electron chi connectivity index (χ1n) is 3.64. The average molecular weight is 203 g/mol. The second-order valence-corrected chi connectivity index (χ2v) is 3.57. The van der Waals surface area contributed by atoms with E-state index < -0.39 is 0 Å². The van der Waals surface area contributed by atoms with Crippen LogP contribution in [0.15, 0.2) is 0 Å². The van der Waals surface area contributed by atoms with E-state index in [1.807, 2.05) is 0 Å². The smallest absolute Gasteiger partial charge is 1.00 e. The second kappa shape index (κ2) is 9.25. The van der Waals surface area contributed by atoms with Crippen LogP contribution < -0.4 is 17.0 Å². The van der Waals surface area contributed by atoms with Crippen LogP contribution in [0.1, 0.15) is 39.5 Å².